The molecule has 8 heteroatoms. The van der Waals surface area contributed by atoms with E-state index in [0.717, 1.165) is 9.54 Å². The smallest absolute Gasteiger partial charge is 0.337 e. The van der Waals surface area contributed by atoms with E-state index >= 15 is 0 Å². The summed E-state index contributed by atoms with van der Waals surface area (Å²) >= 11 is 0. The van der Waals surface area contributed by atoms with Crippen molar-refractivity contribution in [2.45, 2.75) is 18.2 Å². The SMILES string of the molecule is CCc1cc2n(c1)S(=O)(=O)c1ccc(C(=O)OC)cc1NC2=O. The van der Waals surface area contributed by atoms with Crippen LogP contribution in [0, 0.1) is 0 Å². The van der Waals surface area contributed by atoms with E-state index < -0.39 is 21.9 Å². The molecule has 0 bridgehead atoms. The van der Waals surface area contributed by atoms with Gasteiger partial charge in [0.1, 0.15) is 10.6 Å². The Balaban J connectivity index is 2.24. The number of benzene rings is 1. The number of fused-ring (bicyclic) bond motifs is 2. The molecule has 2 heterocycles. The van der Waals surface area contributed by atoms with E-state index in [9.17, 15) is 18.0 Å². The Kier molecular flexibility index (Phi) is 3.48. The van der Waals surface area contributed by atoms with E-state index in [2.05, 4.69) is 10.1 Å². The topological polar surface area (TPSA) is 94.5 Å². The maximum Gasteiger partial charge on any atom is 0.337 e. The lowest BCUT2D eigenvalue weighted by Gasteiger charge is -2.09. The zero-order valence-corrected chi connectivity index (χ0v) is 13.3. The summed E-state index contributed by atoms with van der Waals surface area (Å²) in [5.41, 5.74) is 0.994. The van der Waals surface area contributed by atoms with Crippen molar-refractivity contribution >= 4 is 27.6 Å². The molecule has 0 aliphatic carbocycles. The van der Waals surface area contributed by atoms with Crippen molar-refractivity contribution in [3.63, 3.8) is 0 Å². The number of hydrogen-bond donors (Lipinski definition) is 1. The number of anilines is 1. The van der Waals surface area contributed by atoms with Gasteiger partial charge in [0.05, 0.1) is 18.4 Å². The molecule has 7 nitrogen and oxygen atoms in total. The first-order valence-corrected chi connectivity index (χ1v) is 8.33. The van der Waals surface area contributed by atoms with Crippen LogP contribution in [0.4, 0.5) is 5.69 Å². The zero-order valence-electron chi connectivity index (χ0n) is 12.5. The molecule has 1 aliphatic heterocycles. The Morgan fingerprint density at radius 3 is 2.70 bits per heavy atom. The molecular formula is C15H14N2O5S. The van der Waals surface area contributed by atoms with Crippen molar-refractivity contribution in [2.24, 2.45) is 0 Å². The van der Waals surface area contributed by atoms with E-state index in [4.69, 9.17) is 0 Å². The number of amides is 1. The van der Waals surface area contributed by atoms with Crippen LogP contribution in [0.5, 0.6) is 0 Å². The lowest BCUT2D eigenvalue weighted by atomic mass is 10.2. The van der Waals surface area contributed by atoms with Gasteiger partial charge in [-0.3, -0.25) is 4.79 Å². The van der Waals surface area contributed by atoms with E-state index in [1.807, 2.05) is 6.92 Å². The minimum Gasteiger partial charge on any atom is -0.465 e. The molecule has 0 unspecified atom stereocenters. The van der Waals surface area contributed by atoms with Crippen molar-refractivity contribution < 1.29 is 22.7 Å². The van der Waals surface area contributed by atoms with Gasteiger partial charge in [-0.05, 0) is 36.2 Å². The fourth-order valence-corrected chi connectivity index (χ4v) is 3.95. The third-order valence-corrected chi connectivity index (χ3v) is 5.40. The van der Waals surface area contributed by atoms with Crippen molar-refractivity contribution in [3.8, 4) is 0 Å². The van der Waals surface area contributed by atoms with Gasteiger partial charge < -0.3 is 10.1 Å². The fraction of sp³-hybridized carbons (Fsp3) is 0.200. The number of hydrogen-bond acceptors (Lipinski definition) is 5. The quantitative estimate of drug-likeness (QED) is 0.843. The highest BCUT2D eigenvalue weighted by molar-refractivity contribution is 7.90. The number of rotatable bonds is 2. The number of aromatic nitrogens is 1. The number of carbonyl (C=O) groups is 2. The monoisotopic (exact) mass is 334 g/mol. The minimum absolute atomic E-state index is 0.0395. The second kappa shape index (κ2) is 5.24. The Morgan fingerprint density at radius 1 is 1.30 bits per heavy atom. The van der Waals surface area contributed by atoms with Crippen molar-refractivity contribution in [1.29, 1.82) is 0 Å². The summed E-state index contributed by atoms with van der Waals surface area (Å²) < 4.78 is 31.2. The maximum absolute atomic E-state index is 12.8. The molecule has 1 amide bonds. The predicted octanol–water partition coefficient (Wildman–Crippen LogP) is 1.64. The Hall–Kier alpha value is -2.61. The summed E-state index contributed by atoms with van der Waals surface area (Å²) in [5, 5.41) is 2.54. The molecule has 1 aromatic heterocycles. The van der Waals surface area contributed by atoms with Crippen LogP contribution in [0.1, 0.15) is 33.3 Å². The Morgan fingerprint density at radius 2 is 2.04 bits per heavy atom. The highest BCUT2D eigenvalue weighted by atomic mass is 32.2. The molecule has 0 spiro atoms. The lowest BCUT2D eigenvalue weighted by molar-refractivity contribution is 0.0600. The molecular weight excluding hydrogens is 320 g/mol. The fourth-order valence-electron chi connectivity index (χ4n) is 2.44. The van der Waals surface area contributed by atoms with Gasteiger partial charge in [0.15, 0.2) is 0 Å². The number of esters is 1. The molecule has 120 valence electrons. The van der Waals surface area contributed by atoms with Crippen LogP contribution in [0.2, 0.25) is 0 Å². The average molecular weight is 334 g/mol. The van der Waals surface area contributed by atoms with Crippen LogP contribution in [0.25, 0.3) is 0 Å². The van der Waals surface area contributed by atoms with E-state index in [1.165, 1.54) is 31.5 Å². The van der Waals surface area contributed by atoms with Crippen LogP contribution >= 0.6 is 0 Å². The zero-order chi connectivity index (χ0) is 16.8. The first kappa shape index (κ1) is 15.3. The number of nitrogens with zero attached hydrogens (tertiary/aromatic N) is 1. The Labute approximate surface area is 132 Å². The third kappa shape index (κ3) is 2.31. The van der Waals surface area contributed by atoms with Gasteiger partial charge in [0.25, 0.3) is 15.9 Å². The van der Waals surface area contributed by atoms with Gasteiger partial charge in [-0.2, -0.15) is 0 Å². The van der Waals surface area contributed by atoms with Crippen molar-refractivity contribution in [3.05, 3.63) is 47.3 Å². The van der Waals surface area contributed by atoms with Gasteiger partial charge in [0.2, 0.25) is 0 Å². The number of aryl methyl sites for hydroxylation is 1. The van der Waals surface area contributed by atoms with Crippen molar-refractivity contribution in [2.75, 3.05) is 12.4 Å². The van der Waals surface area contributed by atoms with Crippen molar-refractivity contribution in [1.82, 2.24) is 3.97 Å². The van der Waals surface area contributed by atoms with E-state index in [0.29, 0.717) is 6.42 Å². The van der Waals surface area contributed by atoms with Crippen LogP contribution in [-0.2, 0) is 21.2 Å². The van der Waals surface area contributed by atoms with Gasteiger partial charge >= 0.3 is 5.97 Å². The van der Waals surface area contributed by atoms with E-state index in [-0.39, 0.29) is 21.8 Å². The molecule has 3 rings (SSSR count). The average Bonchev–Trinajstić information content (AvgIpc) is 2.96. The maximum atomic E-state index is 12.8. The van der Waals surface area contributed by atoms with Crippen LogP contribution in [0.3, 0.4) is 0 Å². The molecule has 0 saturated carbocycles. The Bertz CT molecular complexity index is 927. The number of nitrogens with one attached hydrogen (secondary N) is 1. The third-order valence-electron chi connectivity index (χ3n) is 3.67. The number of methoxy groups -OCH3 is 1. The standard InChI is InChI=1S/C15H14N2O5S/c1-3-9-6-12-14(18)16-11-7-10(15(19)22-2)4-5-13(11)23(20,21)17(12)8-9/h4-8H,3H2,1-2H3,(H,16,18). The first-order valence-electron chi connectivity index (χ1n) is 6.89. The van der Waals surface area contributed by atoms with Crippen LogP contribution in [0.15, 0.2) is 35.4 Å². The van der Waals surface area contributed by atoms with Gasteiger partial charge in [-0.15, -0.1) is 0 Å². The minimum atomic E-state index is -3.93. The summed E-state index contributed by atoms with van der Waals surface area (Å²) in [6, 6.07) is 5.48. The molecule has 0 fully saturated rings. The van der Waals surface area contributed by atoms with Gasteiger partial charge in [0, 0.05) is 6.20 Å². The number of ether oxygens (including phenoxy) is 1. The largest absolute Gasteiger partial charge is 0.465 e. The molecule has 0 radical (unpaired) electrons. The highest BCUT2D eigenvalue weighted by Crippen LogP contribution is 2.30. The molecule has 23 heavy (non-hydrogen) atoms. The van der Waals surface area contributed by atoms with Crippen LogP contribution < -0.4 is 5.32 Å². The summed E-state index contributed by atoms with van der Waals surface area (Å²) in [4.78, 5) is 23.8. The number of carbonyl (C=O) groups excluding carboxylic acids is 2. The lowest BCUT2D eigenvalue weighted by Crippen LogP contribution is -2.16. The van der Waals surface area contributed by atoms with E-state index in [1.54, 1.807) is 6.07 Å². The molecule has 0 saturated heterocycles. The summed E-state index contributed by atoms with van der Waals surface area (Å²) in [6.07, 6.45) is 2.05. The van der Waals surface area contributed by atoms with Crippen LogP contribution in [-0.4, -0.2) is 31.4 Å². The molecule has 1 aromatic carbocycles. The first-order chi connectivity index (χ1) is 10.9. The highest BCUT2D eigenvalue weighted by Gasteiger charge is 2.31. The van der Waals surface area contributed by atoms with Gasteiger partial charge in [-0.25, -0.2) is 17.2 Å². The summed E-state index contributed by atoms with van der Waals surface area (Å²) in [6.45, 7) is 1.87. The van der Waals surface area contributed by atoms with Gasteiger partial charge in [-0.1, -0.05) is 6.92 Å². The normalized spacial score (nSPS) is 15.1. The predicted molar refractivity (Wildman–Crippen MR) is 82.1 cm³/mol. The molecule has 1 N–H and O–H groups in total. The molecule has 2 aromatic rings. The molecule has 0 atom stereocenters. The second-order valence-electron chi connectivity index (χ2n) is 5.04. The molecule has 1 aliphatic rings. The summed E-state index contributed by atoms with van der Waals surface area (Å²) in [5.74, 6) is -1.16. The summed E-state index contributed by atoms with van der Waals surface area (Å²) in [7, 11) is -2.70. The second-order valence-corrected chi connectivity index (χ2v) is 6.83.